The van der Waals surface area contributed by atoms with Crippen LogP contribution < -0.4 is 85.3 Å². The van der Waals surface area contributed by atoms with Crippen LogP contribution >= 0.6 is 0 Å². The van der Waals surface area contributed by atoms with Crippen LogP contribution in [0.5, 0.6) is 103 Å². The van der Waals surface area contributed by atoms with E-state index < -0.39 is 187 Å². The van der Waals surface area contributed by atoms with Gasteiger partial charge < -0.3 is 116 Å². The first-order chi connectivity index (χ1) is 86.7. The lowest BCUT2D eigenvalue weighted by molar-refractivity contribution is 0.0976. The topological polar surface area (TPSA) is 288 Å². The second-order valence-corrected chi connectivity index (χ2v) is 33.8. The van der Waals surface area contributed by atoms with Gasteiger partial charge in [0.05, 0.1) is 154 Å². The quantitative estimate of drug-likeness (QED) is 0.0206. The minimum atomic E-state index is -3.02. The summed E-state index contributed by atoms with van der Waals surface area (Å²) in [5, 5.41) is 62.2. The Labute approximate surface area is 946 Å². The van der Waals surface area contributed by atoms with Gasteiger partial charge in [-0.25, -0.2) is 0 Å². The van der Waals surface area contributed by atoms with Gasteiger partial charge in [-0.15, -0.1) is 0 Å². The lowest BCUT2D eigenvalue weighted by Gasteiger charge is -2.13. The Morgan fingerprint density at radius 1 is 0.213 bits per heavy atom. The van der Waals surface area contributed by atoms with E-state index in [0.717, 1.165) is 73.8 Å². The van der Waals surface area contributed by atoms with E-state index in [-0.39, 0.29) is 85.0 Å². The minimum absolute atomic E-state index is 0.0263. The van der Waals surface area contributed by atoms with Gasteiger partial charge in [0, 0.05) is 19.2 Å². The van der Waals surface area contributed by atoms with Crippen LogP contribution in [0.3, 0.4) is 0 Å². The van der Waals surface area contributed by atoms with Crippen LogP contribution in [0.25, 0.3) is 0 Å². The van der Waals surface area contributed by atoms with Crippen molar-refractivity contribution in [2.45, 2.75) is 232 Å². The number of aliphatic hydroxyl groups is 6. The van der Waals surface area contributed by atoms with E-state index in [4.69, 9.17) is 137 Å². The molecule has 0 aliphatic rings. The minimum Gasteiger partial charge on any atom is -0.493 e. The summed E-state index contributed by atoms with van der Waals surface area (Å²) in [6.45, 7) is 8.33. The molecule has 24 nitrogen and oxygen atoms in total. The van der Waals surface area contributed by atoms with Crippen LogP contribution in [0.2, 0.25) is 0 Å². The average molecular weight is 2100 g/mol. The maximum absolute atomic E-state index is 10.4. The second kappa shape index (κ2) is 72.3. The third-order valence-electron chi connectivity index (χ3n) is 21.8. The molecule has 0 bridgehead atoms. The Balaban J connectivity index is 0.000000301. The predicted molar refractivity (Wildman–Crippen MR) is 599 cm³/mol. The highest BCUT2D eigenvalue weighted by molar-refractivity contribution is 5.48. The molecule has 12 aromatic rings. The van der Waals surface area contributed by atoms with Gasteiger partial charge in [0.1, 0.15) is 74.1 Å². The van der Waals surface area contributed by atoms with E-state index >= 15 is 0 Å². The Kier molecular flexibility index (Phi) is 37.2. The molecule has 6 unspecified atom stereocenters. The van der Waals surface area contributed by atoms with Crippen LogP contribution in [0.4, 0.5) is 0 Å². The van der Waals surface area contributed by atoms with Crippen molar-refractivity contribution in [3.05, 3.63) is 322 Å². The van der Waals surface area contributed by atoms with Gasteiger partial charge in [-0.3, -0.25) is 0 Å². The highest BCUT2D eigenvalue weighted by Gasteiger charge is 2.18. The molecule has 0 radical (unpaired) electrons. The zero-order valence-electron chi connectivity index (χ0n) is 125. The first kappa shape index (κ1) is 77.2. The molecule has 24 heteroatoms. The molecule has 12 rings (SSSR count). The van der Waals surface area contributed by atoms with Crippen molar-refractivity contribution in [1.82, 2.24) is 0 Å². The second-order valence-electron chi connectivity index (χ2n) is 33.8. The monoisotopic (exact) mass is 2100 g/mol. The summed E-state index contributed by atoms with van der Waals surface area (Å²) in [5.74, 6) is 4.36. The molecule has 0 spiro atoms. The van der Waals surface area contributed by atoms with Gasteiger partial charge in [-0.1, -0.05) is 148 Å². The van der Waals surface area contributed by atoms with Crippen LogP contribution in [-0.4, -0.2) is 192 Å². The fourth-order valence-corrected chi connectivity index (χ4v) is 14.1. The highest BCUT2D eigenvalue weighted by atomic mass is 16.5. The number of benzene rings is 12. The maximum atomic E-state index is 10.4. The highest BCUT2D eigenvalue weighted by Crippen LogP contribution is 2.36. The van der Waals surface area contributed by atoms with Crippen molar-refractivity contribution in [3.8, 4) is 103 Å². The zero-order valence-corrected chi connectivity index (χ0v) is 87.0. The third kappa shape index (κ3) is 49.5. The van der Waals surface area contributed by atoms with E-state index in [0.29, 0.717) is 114 Å². The predicted octanol–water partition coefficient (Wildman–Crippen LogP) is 25.0. The lowest BCUT2D eigenvalue weighted by atomic mass is 10.0. The van der Waals surface area contributed by atoms with Gasteiger partial charge in [-0.2, -0.15) is 0 Å². The Morgan fingerprint density at radius 3 is 0.607 bits per heavy atom. The van der Waals surface area contributed by atoms with Gasteiger partial charge in [0.15, 0.2) is 69.0 Å². The number of rotatable bonds is 60. The number of methoxy groups -OCH3 is 12. The van der Waals surface area contributed by atoms with Crippen molar-refractivity contribution in [3.63, 3.8) is 0 Å². The Morgan fingerprint density at radius 2 is 0.400 bits per heavy atom. The fourth-order valence-electron chi connectivity index (χ4n) is 14.1. The summed E-state index contributed by atoms with van der Waals surface area (Å²) >= 11 is 0. The molecule has 0 aliphatic carbocycles. The largest absolute Gasteiger partial charge is 0.493 e. The first-order valence-electron chi connectivity index (χ1n) is 67.4. The molecular weight excluding hydrogens is 1900 g/mol. The summed E-state index contributed by atoms with van der Waals surface area (Å²) in [5.41, 5.74) is 9.36. The first-order valence-corrected chi connectivity index (χ1v) is 48.4. The molecule has 0 amide bonds. The summed E-state index contributed by atoms with van der Waals surface area (Å²) in [7, 11) is -7.74. The summed E-state index contributed by atoms with van der Waals surface area (Å²) in [4.78, 5) is 0. The van der Waals surface area contributed by atoms with Crippen LogP contribution in [0.1, 0.15) is 234 Å². The van der Waals surface area contributed by atoms with Crippen molar-refractivity contribution < 1.29 is 168 Å². The smallest absolute Gasteiger partial charge is 0.160 e. The van der Waals surface area contributed by atoms with Crippen molar-refractivity contribution >= 4 is 0 Å². The molecule has 0 aromatic heterocycles. The lowest BCUT2D eigenvalue weighted by Crippen LogP contribution is -2.17. The van der Waals surface area contributed by atoms with Crippen molar-refractivity contribution in [2.24, 2.45) is 0 Å². The van der Waals surface area contributed by atoms with E-state index in [1.165, 1.54) is 44.6 Å². The van der Waals surface area contributed by atoms with Gasteiger partial charge in [0.25, 0.3) is 0 Å². The number of hydrogen-bond acceptors (Lipinski definition) is 24. The molecule has 0 heterocycles. The molecule has 6 N–H and O–H groups in total. The summed E-state index contributed by atoms with van der Waals surface area (Å²) in [6, 6.07) is 70.2. The molecular formula is C126H168O24. The number of ether oxygens (including phenoxy) is 18. The molecule has 0 fully saturated rings. The third-order valence-corrected chi connectivity index (χ3v) is 21.8. The molecule has 0 saturated carbocycles. The Hall–Kier alpha value is -13.2. The average Bonchev–Trinajstić information content (AvgIpc) is 0.765. The van der Waals surface area contributed by atoms with Gasteiger partial charge >= 0.3 is 0 Å². The van der Waals surface area contributed by atoms with E-state index in [2.05, 4.69) is 0 Å². The van der Waals surface area contributed by atoms with Crippen molar-refractivity contribution in [1.29, 1.82) is 0 Å². The van der Waals surface area contributed by atoms with Crippen LogP contribution in [-0.2, 0) is 38.5 Å². The number of hydrogen-bond donors (Lipinski definition) is 6. The molecule has 816 valence electrons. The van der Waals surface area contributed by atoms with Crippen LogP contribution in [0, 0.1) is 41.5 Å². The van der Waals surface area contributed by atoms with Gasteiger partial charge in [0.2, 0.25) is 0 Å². The summed E-state index contributed by atoms with van der Waals surface area (Å²) < 4.78 is 386. The van der Waals surface area contributed by atoms with E-state index in [9.17, 15) is 30.6 Å². The summed E-state index contributed by atoms with van der Waals surface area (Å²) in [6.07, 6.45) is -28.0. The van der Waals surface area contributed by atoms with Crippen LogP contribution in [0.15, 0.2) is 255 Å². The molecule has 6 atom stereocenters. The SMILES string of the molecule is [2H]C(O)(CCC([2H])([2H])C([2H])([2H])c1ccc(OC([2H])([2H])[2H])c(OC([2H])([2H])[2H])c1)COc1cccc(C)c1.[2H]C([2H])(CCCc1ccc(OC)c(OC)c1)C([2H])(O)COc1cccc(C)c1.[2H]C([2H])(CCCc1ccc(OC)c(OC)c1)C([2H])(O)COc1cccc(C)c1.[2H]C([2H])([2H])Oc1cc(CCCC([2H])([2H])C([2H])(O)COc2cccc(C)c2)ccc1OC.[2H]C([2H])([2H])Oc1ccc(CCCC([2H])([2H])C([2H])(O)COc2cccc(C)c2)cc1OC.[2H]C([2H])([2H])Oc1ccc(CCCC([2H])([2H])C([2H])(O)COc2cccc(C)c2)cc1OC([2H])([2H])[2H]. The standard InChI is InChI=1S/6C21H28O4/c6*1-16-7-6-10-19(13-16)25-15-18(22)9-5-4-8-17-11-12-20(23-2)21(14-17)24-3/h6*6-7,10-14,18,22H,4-5,8-9,15H2,1-3H3/i2D3,3D3,4D2,8D2,18D;2D3,3D3,9D2,18D;3D3,9D2,18D;2D3,9D2,18D;2*9D2,18D. The molecule has 0 saturated heterocycles. The van der Waals surface area contributed by atoms with E-state index in [1.54, 1.807) is 162 Å². The molecule has 0 aliphatic heterocycles. The van der Waals surface area contributed by atoms with Crippen molar-refractivity contribution in [2.75, 3.05) is 125 Å². The normalized spacial score (nSPS) is 18.0. The maximum Gasteiger partial charge on any atom is 0.160 e. The molecule has 150 heavy (non-hydrogen) atoms. The molecule has 12 aromatic carbocycles. The number of aryl methyl sites for hydroxylation is 12. The van der Waals surface area contributed by atoms with Gasteiger partial charge in [-0.05, 0) is 369 Å². The Bertz CT molecular complexity index is 7390. The zero-order chi connectivity index (χ0) is 142. The van der Waals surface area contributed by atoms with E-state index in [1.807, 2.05) is 114 Å². The fraction of sp³-hybridized carbons (Fsp3) is 0.429.